The summed E-state index contributed by atoms with van der Waals surface area (Å²) in [6.45, 7) is 0. The lowest BCUT2D eigenvalue weighted by atomic mass is 9.92. The smallest absolute Gasteiger partial charge is 0.240 e. The maximum Gasteiger partial charge on any atom is 0.240 e. The van der Waals surface area contributed by atoms with E-state index in [4.69, 9.17) is 31.4 Å². The highest BCUT2D eigenvalue weighted by atomic mass is 15.3. The number of hydrogen-bond acceptors (Lipinski definition) is 3. The molecule has 0 fully saturated rings. The lowest BCUT2D eigenvalue weighted by molar-refractivity contribution is 0.893. The molecule has 0 aliphatic heterocycles. The number of aromatic nitrogens is 5. The summed E-state index contributed by atoms with van der Waals surface area (Å²) in [6.07, 6.45) is 0. The fourth-order valence-corrected chi connectivity index (χ4v) is 7.98. The molecule has 9 aromatic carbocycles. The van der Waals surface area contributed by atoms with Gasteiger partial charge in [-0.1, -0.05) is 182 Å². The Labute approximate surface area is 381 Å². The average molecular weight is 808 g/mol. The van der Waals surface area contributed by atoms with Crippen LogP contribution in [0.25, 0.3) is 111 Å². The van der Waals surface area contributed by atoms with Crippen molar-refractivity contribution in [2.45, 2.75) is 0 Å². The van der Waals surface area contributed by atoms with E-state index in [-0.39, 0.29) is 49.4 Å². The van der Waals surface area contributed by atoms with Gasteiger partial charge in [0.2, 0.25) is 11.9 Å². The summed E-state index contributed by atoms with van der Waals surface area (Å²) in [7, 11) is 0. The summed E-state index contributed by atoms with van der Waals surface area (Å²) in [6, 6.07) is 31.5. The summed E-state index contributed by atoms with van der Waals surface area (Å²) in [5, 5.41) is -1.05. The van der Waals surface area contributed by atoms with Crippen molar-refractivity contribution in [1.82, 2.24) is 24.1 Å². The van der Waals surface area contributed by atoms with Crippen molar-refractivity contribution in [2.24, 2.45) is 0 Å². The van der Waals surface area contributed by atoms with Crippen molar-refractivity contribution in [2.75, 3.05) is 0 Å². The van der Waals surface area contributed by atoms with Crippen molar-refractivity contribution in [3.05, 3.63) is 224 Å². The Morgan fingerprint density at radius 3 is 0.935 bits per heavy atom. The second-order valence-electron chi connectivity index (χ2n) is 14.5. The largest absolute Gasteiger partial charge is 0.278 e. The van der Waals surface area contributed by atoms with Gasteiger partial charge in [0.05, 0.1) is 44.0 Å². The van der Waals surface area contributed by atoms with Crippen LogP contribution in [-0.4, -0.2) is 24.1 Å². The predicted octanol–water partition coefficient (Wildman–Crippen LogP) is 14.4. The summed E-state index contributed by atoms with van der Waals surface area (Å²) in [5.74, 6) is -1.07. The standard InChI is InChI=1S/C57H37N5/c1-3-15-38(16-4-1)44-35-45(39-17-5-2-6-18-39)37-46(36-44)42-29-27-40(28-30-42)41-31-33-43(34-32-41)55-58-56(61-51-23-11-7-19-47(51)48-20-8-12-24-52(48)61)60-57(59-55)62-53-25-13-9-21-49(53)50-22-10-14-26-54(50)62/h1-37H/i7D,8D,9D,10D,11D,12D,13D,14D,19D,20D,21D,22D,23D,24D,25D,26D. The highest BCUT2D eigenvalue weighted by Crippen LogP contribution is 2.36. The zero-order valence-electron chi connectivity index (χ0n) is 48.4. The molecule has 0 atom stereocenters. The minimum Gasteiger partial charge on any atom is -0.278 e. The van der Waals surface area contributed by atoms with Crippen molar-refractivity contribution in [1.29, 1.82) is 0 Å². The second-order valence-corrected chi connectivity index (χ2v) is 14.5. The molecule has 12 rings (SSSR count). The average Bonchev–Trinajstić information content (AvgIpc) is 3.95. The third-order valence-electron chi connectivity index (χ3n) is 10.9. The van der Waals surface area contributed by atoms with E-state index in [9.17, 15) is 5.48 Å². The van der Waals surface area contributed by atoms with Crippen LogP contribution in [0.1, 0.15) is 21.9 Å². The topological polar surface area (TPSA) is 48.5 Å². The van der Waals surface area contributed by atoms with E-state index in [0.29, 0.717) is 5.56 Å². The Hall–Kier alpha value is -8.41. The second kappa shape index (κ2) is 14.7. The first-order chi connectivity index (χ1) is 37.4. The molecule has 290 valence electrons. The predicted molar refractivity (Wildman–Crippen MR) is 256 cm³/mol. The van der Waals surface area contributed by atoms with Crippen LogP contribution >= 0.6 is 0 Å². The number of benzene rings is 9. The van der Waals surface area contributed by atoms with Crippen LogP contribution in [0.4, 0.5) is 0 Å². The van der Waals surface area contributed by atoms with E-state index in [1.54, 1.807) is 12.1 Å². The van der Waals surface area contributed by atoms with Gasteiger partial charge >= 0.3 is 0 Å². The number of fused-ring (bicyclic) bond motifs is 6. The molecule has 5 nitrogen and oxygen atoms in total. The number of para-hydroxylation sites is 4. The summed E-state index contributed by atoms with van der Waals surface area (Å²) in [4.78, 5) is 14.4. The van der Waals surface area contributed by atoms with E-state index < -0.39 is 109 Å². The van der Waals surface area contributed by atoms with Crippen molar-refractivity contribution in [3.63, 3.8) is 0 Å². The van der Waals surface area contributed by atoms with Crippen molar-refractivity contribution >= 4 is 43.6 Å². The molecule has 3 heterocycles. The minimum absolute atomic E-state index is 0.141. The zero-order valence-corrected chi connectivity index (χ0v) is 32.4. The van der Waals surface area contributed by atoms with Gasteiger partial charge in [-0.05, 0) is 86.9 Å². The maximum absolute atomic E-state index is 9.20. The van der Waals surface area contributed by atoms with Gasteiger partial charge in [-0.15, -0.1) is 0 Å². The van der Waals surface area contributed by atoms with Gasteiger partial charge in [0.1, 0.15) is 0 Å². The molecule has 0 saturated heterocycles. The number of rotatable bonds is 7. The van der Waals surface area contributed by atoms with Crippen LogP contribution in [0.2, 0.25) is 0 Å². The van der Waals surface area contributed by atoms with Gasteiger partial charge in [-0.25, -0.2) is 0 Å². The van der Waals surface area contributed by atoms with E-state index in [1.807, 2.05) is 72.8 Å². The van der Waals surface area contributed by atoms with E-state index in [0.717, 1.165) is 53.6 Å². The number of nitrogens with zero attached hydrogens (tertiary/aromatic N) is 5. The fraction of sp³-hybridized carbons (Fsp3) is 0. The molecule has 0 unspecified atom stereocenters. The zero-order chi connectivity index (χ0) is 54.9. The Morgan fingerprint density at radius 2 is 0.581 bits per heavy atom. The molecule has 0 amide bonds. The quantitative estimate of drug-likeness (QED) is 0.161. The first-order valence-electron chi connectivity index (χ1n) is 27.6. The molecule has 12 aromatic rings. The third-order valence-corrected chi connectivity index (χ3v) is 10.9. The molecular weight excluding hydrogens is 755 g/mol. The Balaban J connectivity index is 1.08. The monoisotopic (exact) mass is 807 g/mol. The molecule has 62 heavy (non-hydrogen) atoms. The number of hydrogen-bond donors (Lipinski definition) is 0. The van der Waals surface area contributed by atoms with Crippen LogP contribution in [0.3, 0.4) is 0 Å². The van der Waals surface area contributed by atoms with Gasteiger partial charge < -0.3 is 0 Å². The van der Waals surface area contributed by atoms with Crippen molar-refractivity contribution < 1.29 is 21.9 Å². The lowest BCUT2D eigenvalue weighted by Crippen LogP contribution is -2.10. The van der Waals surface area contributed by atoms with Crippen LogP contribution in [-0.2, 0) is 0 Å². The van der Waals surface area contributed by atoms with Gasteiger partial charge in [0, 0.05) is 27.1 Å². The van der Waals surface area contributed by atoms with Crippen LogP contribution < -0.4 is 0 Å². The molecule has 3 aromatic heterocycles. The Morgan fingerprint density at radius 1 is 0.290 bits per heavy atom. The van der Waals surface area contributed by atoms with Gasteiger partial charge in [-0.2, -0.15) is 15.0 Å². The molecular formula is C57H37N5. The van der Waals surface area contributed by atoms with E-state index in [2.05, 4.69) is 42.5 Å². The normalized spacial score (nSPS) is 15.2. The molecule has 0 bridgehead atoms. The SMILES string of the molecule is [2H]c1c([2H])c([2H])c2c(c1[2H])c1c([2H])c([2H])c([2H])c([2H])c1n2-c1nc(-c2ccc(-c3ccc(-c4cc(-c5ccccc5)cc(-c5ccccc5)c4)cc3)cc2)nc(-n2c3c([2H])c([2H])c([2H])c([2H])c3c3c([2H])c([2H])c([2H])c([2H])c32)n1. The highest BCUT2D eigenvalue weighted by Gasteiger charge is 2.20. The minimum atomic E-state index is -0.697. The first-order valence-corrected chi connectivity index (χ1v) is 19.6. The summed E-state index contributed by atoms with van der Waals surface area (Å²) in [5.41, 5.74) is 6.97. The molecule has 0 saturated carbocycles. The van der Waals surface area contributed by atoms with E-state index >= 15 is 0 Å². The molecule has 0 aliphatic carbocycles. The summed E-state index contributed by atoms with van der Waals surface area (Å²) >= 11 is 0. The molecule has 5 heteroatoms. The summed E-state index contributed by atoms with van der Waals surface area (Å²) < 4.78 is 144. The molecule has 0 aliphatic rings. The van der Waals surface area contributed by atoms with Crippen LogP contribution in [0.5, 0.6) is 0 Å². The fourth-order valence-electron chi connectivity index (χ4n) is 7.98. The van der Waals surface area contributed by atoms with E-state index in [1.165, 1.54) is 0 Å². The Bertz CT molecular complexity index is 4150. The maximum atomic E-state index is 9.20. The molecule has 0 N–H and O–H groups in total. The van der Waals surface area contributed by atoms with Gasteiger partial charge in [0.15, 0.2) is 5.82 Å². The molecule has 0 spiro atoms. The first kappa shape index (κ1) is 22.8. The Kier molecular flexibility index (Phi) is 5.41. The van der Waals surface area contributed by atoms with Crippen LogP contribution in [0.15, 0.2) is 224 Å². The highest BCUT2D eigenvalue weighted by molar-refractivity contribution is 6.10. The van der Waals surface area contributed by atoms with Gasteiger partial charge in [-0.3, -0.25) is 9.13 Å². The van der Waals surface area contributed by atoms with Gasteiger partial charge in [0.25, 0.3) is 0 Å². The lowest BCUT2D eigenvalue weighted by Gasteiger charge is -2.13. The molecule has 0 radical (unpaired) electrons. The van der Waals surface area contributed by atoms with Crippen molar-refractivity contribution in [3.8, 4) is 67.8 Å². The van der Waals surface area contributed by atoms with Crippen LogP contribution in [0, 0.1) is 0 Å². The third kappa shape index (κ3) is 6.06.